The zero-order valence-electron chi connectivity index (χ0n) is 12.9. The summed E-state index contributed by atoms with van der Waals surface area (Å²) in [4.78, 5) is 5.35. The van der Waals surface area contributed by atoms with Crippen LogP contribution < -0.4 is 5.32 Å². The number of nitrogens with zero attached hydrogens (tertiary/aromatic N) is 1. The molecule has 0 spiro atoms. The van der Waals surface area contributed by atoms with Crippen molar-refractivity contribution in [1.82, 2.24) is 10.2 Å². The molecule has 19 heavy (non-hydrogen) atoms. The zero-order valence-corrected chi connectivity index (χ0v) is 14.5. The molecule has 0 aliphatic rings. The van der Waals surface area contributed by atoms with Crippen LogP contribution in [0.1, 0.15) is 30.5 Å². The lowest BCUT2D eigenvalue weighted by Crippen LogP contribution is -2.30. The summed E-state index contributed by atoms with van der Waals surface area (Å²) in [6, 6.07) is 5.18. The molecule has 2 nitrogen and oxygen atoms in total. The van der Waals surface area contributed by atoms with E-state index in [1.54, 1.807) is 0 Å². The summed E-state index contributed by atoms with van der Waals surface area (Å²) in [5.41, 5.74) is 0. The maximum absolute atomic E-state index is 3.50. The third-order valence-corrected chi connectivity index (χ3v) is 5.02. The maximum Gasteiger partial charge on any atom is 0.0328 e. The number of thiophene rings is 1. The number of thioether (sulfide) groups is 1. The Kier molecular flexibility index (Phi) is 8.07. The van der Waals surface area contributed by atoms with Crippen molar-refractivity contribution in [3.05, 3.63) is 21.9 Å². The van der Waals surface area contributed by atoms with Gasteiger partial charge in [0.1, 0.15) is 0 Å². The third kappa shape index (κ3) is 6.80. The Morgan fingerprint density at radius 3 is 2.58 bits per heavy atom. The fourth-order valence-corrected chi connectivity index (χ4v) is 3.64. The Morgan fingerprint density at radius 1 is 1.26 bits per heavy atom. The molecule has 0 saturated heterocycles. The largest absolute Gasteiger partial charge is 0.312 e. The number of nitrogens with one attached hydrogen (secondary N) is 1. The van der Waals surface area contributed by atoms with E-state index in [1.165, 1.54) is 15.5 Å². The van der Waals surface area contributed by atoms with E-state index in [0.29, 0.717) is 6.04 Å². The van der Waals surface area contributed by atoms with Gasteiger partial charge in [0.25, 0.3) is 0 Å². The average molecular weight is 301 g/mol. The second-order valence-electron chi connectivity index (χ2n) is 5.61. The SMILES string of the molecule is CSCC(C)N(C)Cc1ccc(CNCC(C)C)s1. The van der Waals surface area contributed by atoms with Crippen molar-refractivity contribution in [2.24, 2.45) is 5.92 Å². The van der Waals surface area contributed by atoms with E-state index in [1.807, 2.05) is 23.1 Å². The van der Waals surface area contributed by atoms with Gasteiger partial charge in [-0.25, -0.2) is 0 Å². The summed E-state index contributed by atoms with van der Waals surface area (Å²) in [7, 11) is 2.22. The van der Waals surface area contributed by atoms with Crippen molar-refractivity contribution >= 4 is 23.1 Å². The highest BCUT2D eigenvalue weighted by atomic mass is 32.2. The molecule has 0 fully saturated rings. The quantitative estimate of drug-likeness (QED) is 0.749. The molecule has 110 valence electrons. The Labute approximate surface area is 127 Å². The molecule has 0 aromatic carbocycles. The van der Waals surface area contributed by atoms with Gasteiger partial charge in [-0.2, -0.15) is 11.8 Å². The van der Waals surface area contributed by atoms with Gasteiger partial charge in [0.2, 0.25) is 0 Å². The molecule has 1 unspecified atom stereocenters. The lowest BCUT2D eigenvalue weighted by molar-refractivity contribution is 0.272. The van der Waals surface area contributed by atoms with Crippen molar-refractivity contribution < 1.29 is 0 Å². The minimum absolute atomic E-state index is 0.639. The monoisotopic (exact) mass is 300 g/mol. The Morgan fingerprint density at radius 2 is 1.95 bits per heavy atom. The zero-order chi connectivity index (χ0) is 14.3. The molecule has 1 atom stereocenters. The van der Waals surface area contributed by atoms with Gasteiger partial charge in [-0.3, -0.25) is 4.90 Å². The molecule has 0 bridgehead atoms. The smallest absolute Gasteiger partial charge is 0.0328 e. The van der Waals surface area contributed by atoms with Crippen molar-refractivity contribution in [2.45, 2.75) is 39.9 Å². The molecule has 1 aromatic rings. The highest BCUT2D eigenvalue weighted by Gasteiger charge is 2.10. The predicted octanol–water partition coefficient (Wildman–Crippen LogP) is 3.68. The molecular weight excluding hydrogens is 272 g/mol. The predicted molar refractivity (Wildman–Crippen MR) is 90.2 cm³/mol. The van der Waals surface area contributed by atoms with E-state index in [4.69, 9.17) is 0 Å². The summed E-state index contributed by atoms with van der Waals surface area (Å²) in [5, 5.41) is 3.50. The summed E-state index contributed by atoms with van der Waals surface area (Å²) in [6.07, 6.45) is 2.17. The number of hydrogen-bond acceptors (Lipinski definition) is 4. The lowest BCUT2D eigenvalue weighted by Gasteiger charge is -2.23. The summed E-state index contributed by atoms with van der Waals surface area (Å²) >= 11 is 3.86. The van der Waals surface area contributed by atoms with Crippen LogP contribution in [0.15, 0.2) is 12.1 Å². The summed E-state index contributed by atoms with van der Waals surface area (Å²) in [5.74, 6) is 1.92. The molecule has 1 heterocycles. The molecule has 1 rings (SSSR count). The minimum atomic E-state index is 0.639. The van der Waals surface area contributed by atoms with Crippen molar-refractivity contribution in [3.63, 3.8) is 0 Å². The van der Waals surface area contributed by atoms with Gasteiger partial charge in [0, 0.05) is 34.6 Å². The van der Waals surface area contributed by atoms with E-state index >= 15 is 0 Å². The van der Waals surface area contributed by atoms with Crippen LogP contribution in [0.5, 0.6) is 0 Å². The van der Waals surface area contributed by atoms with Gasteiger partial charge in [-0.1, -0.05) is 13.8 Å². The molecule has 0 amide bonds. The standard InChI is InChI=1S/C15H28N2S2/c1-12(2)8-16-9-14-6-7-15(19-14)10-17(4)13(3)11-18-5/h6-7,12-13,16H,8-11H2,1-5H3. The van der Waals surface area contributed by atoms with Crippen LogP contribution in [-0.4, -0.2) is 36.5 Å². The first kappa shape index (κ1) is 17.0. The highest BCUT2D eigenvalue weighted by molar-refractivity contribution is 7.98. The Balaban J connectivity index is 2.37. The van der Waals surface area contributed by atoms with Crippen molar-refractivity contribution in [1.29, 1.82) is 0 Å². The van der Waals surface area contributed by atoms with Crippen molar-refractivity contribution in [2.75, 3.05) is 25.6 Å². The van der Waals surface area contributed by atoms with Crippen LogP contribution in [-0.2, 0) is 13.1 Å². The topological polar surface area (TPSA) is 15.3 Å². The van der Waals surface area contributed by atoms with Gasteiger partial charge in [0.05, 0.1) is 0 Å². The minimum Gasteiger partial charge on any atom is -0.312 e. The van der Waals surface area contributed by atoms with Gasteiger partial charge in [-0.15, -0.1) is 11.3 Å². The van der Waals surface area contributed by atoms with Crippen molar-refractivity contribution in [3.8, 4) is 0 Å². The van der Waals surface area contributed by atoms with E-state index < -0.39 is 0 Å². The normalized spacial score (nSPS) is 13.4. The first-order valence-corrected chi connectivity index (χ1v) is 9.21. The molecule has 4 heteroatoms. The molecule has 1 aromatic heterocycles. The van der Waals surface area contributed by atoms with Crippen LogP contribution in [0, 0.1) is 5.92 Å². The second-order valence-corrected chi connectivity index (χ2v) is 7.78. The first-order valence-electron chi connectivity index (χ1n) is 7.00. The summed E-state index contributed by atoms with van der Waals surface area (Å²) < 4.78 is 0. The Bertz CT molecular complexity index is 350. The number of hydrogen-bond donors (Lipinski definition) is 1. The fraction of sp³-hybridized carbons (Fsp3) is 0.733. The van der Waals surface area contributed by atoms with Gasteiger partial charge in [0.15, 0.2) is 0 Å². The highest BCUT2D eigenvalue weighted by Crippen LogP contribution is 2.19. The van der Waals surface area contributed by atoms with E-state index in [9.17, 15) is 0 Å². The average Bonchev–Trinajstić information content (AvgIpc) is 2.76. The molecule has 0 radical (unpaired) electrons. The first-order chi connectivity index (χ1) is 9.02. The fourth-order valence-electron chi connectivity index (χ4n) is 1.86. The summed E-state index contributed by atoms with van der Waals surface area (Å²) in [6.45, 7) is 9.96. The van der Waals surface area contributed by atoms with E-state index in [2.05, 4.69) is 56.4 Å². The molecule has 0 saturated carbocycles. The van der Waals surface area contributed by atoms with Gasteiger partial charge < -0.3 is 5.32 Å². The molecule has 0 aliphatic heterocycles. The Hall–Kier alpha value is -0.0300. The lowest BCUT2D eigenvalue weighted by atomic mass is 10.2. The van der Waals surface area contributed by atoms with E-state index in [0.717, 1.165) is 25.6 Å². The maximum atomic E-state index is 3.50. The molecule has 0 aliphatic carbocycles. The van der Waals surface area contributed by atoms with Gasteiger partial charge >= 0.3 is 0 Å². The van der Waals surface area contributed by atoms with Crippen LogP contribution >= 0.6 is 23.1 Å². The third-order valence-electron chi connectivity index (χ3n) is 3.13. The van der Waals surface area contributed by atoms with Crippen LogP contribution in [0.4, 0.5) is 0 Å². The van der Waals surface area contributed by atoms with Crippen LogP contribution in [0.3, 0.4) is 0 Å². The molecule has 1 N–H and O–H groups in total. The molecular formula is C15H28N2S2. The van der Waals surface area contributed by atoms with Gasteiger partial charge in [-0.05, 0) is 44.8 Å². The van der Waals surface area contributed by atoms with Crippen LogP contribution in [0.2, 0.25) is 0 Å². The number of rotatable bonds is 9. The second kappa shape index (κ2) is 9.01. The van der Waals surface area contributed by atoms with Crippen LogP contribution in [0.25, 0.3) is 0 Å². The van der Waals surface area contributed by atoms with E-state index in [-0.39, 0.29) is 0 Å².